The third-order valence-corrected chi connectivity index (χ3v) is 6.53. The molecule has 1 aliphatic heterocycles. The minimum absolute atomic E-state index is 0.000230. The molecular weight excluding hydrogens is 571 g/mol. The first kappa shape index (κ1) is 27.9. The van der Waals surface area contributed by atoms with E-state index in [1.807, 2.05) is 0 Å². The molecule has 1 saturated heterocycles. The van der Waals surface area contributed by atoms with Gasteiger partial charge in [-0.3, -0.25) is 9.78 Å². The van der Waals surface area contributed by atoms with Crippen LogP contribution >= 0.6 is 15.9 Å². The zero-order chi connectivity index (χ0) is 27.4. The van der Waals surface area contributed by atoms with E-state index in [0.29, 0.717) is 31.7 Å². The molecule has 0 radical (unpaired) electrons. The second-order valence-electron chi connectivity index (χ2n) is 8.78. The Bertz CT molecular complexity index is 1300. The van der Waals surface area contributed by atoms with Crippen LogP contribution in [0.1, 0.15) is 21.5 Å². The van der Waals surface area contributed by atoms with Gasteiger partial charge >= 0.3 is 13.2 Å². The largest absolute Gasteiger partial charge is 0.486 e. The second kappa shape index (κ2) is 11.7. The fourth-order valence-corrected chi connectivity index (χ4v) is 4.52. The number of nitrogens with one attached hydrogen (secondary N) is 1. The number of benzene rings is 2. The number of anilines is 2. The van der Waals surface area contributed by atoms with E-state index in [4.69, 9.17) is 4.74 Å². The summed E-state index contributed by atoms with van der Waals surface area (Å²) >= 11 is 3.29. The van der Waals surface area contributed by atoms with Crippen LogP contribution in [0.15, 0.2) is 59.3 Å². The summed E-state index contributed by atoms with van der Waals surface area (Å²) in [5.41, 5.74) is -0.256. The molecule has 2 aromatic carbocycles. The van der Waals surface area contributed by atoms with Gasteiger partial charge in [0.1, 0.15) is 6.61 Å². The number of rotatable bonds is 7. The number of ether oxygens (including phenoxy) is 1. The van der Waals surface area contributed by atoms with Crippen molar-refractivity contribution in [3.8, 4) is 5.75 Å². The van der Waals surface area contributed by atoms with Gasteiger partial charge in [0.15, 0.2) is 11.6 Å². The Kier molecular flexibility index (Phi) is 8.59. The lowest BCUT2D eigenvalue weighted by Crippen LogP contribution is -2.51. The Morgan fingerprint density at radius 2 is 1.87 bits per heavy atom. The van der Waals surface area contributed by atoms with Crippen molar-refractivity contribution in [3.05, 3.63) is 81.8 Å². The molecule has 0 bridgehead atoms. The summed E-state index contributed by atoms with van der Waals surface area (Å²) in [6.45, 7) is 3.07. The number of piperazine rings is 1. The van der Waals surface area contributed by atoms with Crippen molar-refractivity contribution in [2.75, 3.05) is 36.4 Å². The molecule has 0 spiro atoms. The SMILES string of the molecule is CB(O)N1CCN(c2ccc(NC(=O)c3ccc(F)c(OCc4cncc(Br)c4)c3)cc2C(F)(F)F)CC1. The molecule has 4 rings (SSSR count). The molecule has 0 saturated carbocycles. The molecule has 13 heteroatoms. The van der Waals surface area contributed by atoms with Crippen molar-refractivity contribution < 1.29 is 32.1 Å². The van der Waals surface area contributed by atoms with Gasteiger partial charge in [-0.15, -0.1) is 0 Å². The number of nitrogens with zero attached hydrogens (tertiary/aromatic N) is 3. The van der Waals surface area contributed by atoms with E-state index in [-0.39, 0.29) is 29.3 Å². The van der Waals surface area contributed by atoms with Crippen molar-refractivity contribution in [3.63, 3.8) is 0 Å². The number of hydrogen-bond donors (Lipinski definition) is 2. The predicted molar refractivity (Wildman–Crippen MR) is 140 cm³/mol. The molecule has 38 heavy (non-hydrogen) atoms. The van der Waals surface area contributed by atoms with Gasteiger partial charge in [-0.05, 0) is 65.2 Å². The van der Waals surface area contributed by atoms with Crippen molar-refractivity contribution in [2.45, 2.75) is 19.6 Å². The van der Waals surface area contributed by atoms with Gasteiger partial charge in [-0.1, -0.05) is 0 Å². The van der Waals surface area contributed by atoms with Crippen molar-refractivity contribution in [1.82, 2.24) is 9.79 Å². The fourth-order valence-electron chi connectivity index (χ4n) is 4.11. The molecule has 0 unspecified atom stereocenters. The maximum atomic E-state index is 14.3. The molecule has 1 aliphatic rings. The van der Waals surface area contributed by atoms with Crippen molar-refractivity contribution >= 4 is 40.3 Å². The molecule has 0 atom stereocenters. The summed E-state index contributed by atoms with van der Waals surface area (Å²) < 4.78 is 62.3. The first-order valence-electron chi connectivity index (χ1n) is 11.7. The molecular formula is C25H24BBrF4N4O3. The molecule has 3 aromatic rings. The molecule has 1 amide bonds. The van der Waals surface area contributed by atoms with Gasteiger partial charge in [0.05, 0.1) is 5.56 Å². The smallest absolute Gasteiger partial charge is 0.418 e. The van der Waals surface area contributed by atoms with E-state index in [9.17, 15) is 27.4 Å². The highest BCUT2D eigenvalue weighted by Gasteiger charge is 2.36. The normalized spacial score (nSPS) is 14.3. The highest BCUT2D eigenvalue weighted by atomic mass is 79.9. The molecule has 1 fully saturated rings. The first-order chi connectivity index (χ1) is 18.0. The summed E-state index contributed by atoms with van der Waals surface area (Å²) in [6.07, 6.45) is -1.52. The maximum Gasteiger partial charge on any atom is 0.418 e. The van der Waals surface area contributed by atoms with E-state index >= 15 is 0 Å². The summed E-state index contributed by atoms with van der Waals surface area (Å²) in [5.74, 6) is -1.59. The first-order valence-corrected chi connectivity index (χ1v) is 12.5. The summed E-state index contributed by atoms with van der Waals surface area (Å²) in [7, 11) is -0.674. The van der Waals surface area contributed by atoms with Gasteiger partial charge in [-0.25, -0.2) is 4.39 Å². The van der Waals surface area contributed by atoms with Crippen LogP contribution in [0.4, 0.5) is 28.9 Å². The maximum absolute atomic E-state index is 14.3. The lowest BCUT2D eigenvalue weighted by atomic mass is 9.84. The fraction of sp³-hybridized carbons (Fsp3) is 0.280. The van der Waals surface area contributed by atoms with Gasteiger partial charge < -0.3 is 24.8 Å². The van der Waals surface area contributed by atoms with Gasteiger partial charge in [0.25, 0.3) is 5.91 Å². The lowest BCUT2D eigenvalue weighted by Gasteiger charge is -2.37. The Hall–Kier alpha value is -3.16. The number of pyridine rings is 1. The van der Waals surface area contributed by atoms with Gasteiger partial charge in [0.2, 0.25) is 0 Å². The third kappa shape index (κ3) is 6.83. The van der Waals surface area contributed by atoms with Crippen LogP contribution in [0, 0.1) is 5.82 Å². The predicted octanol–water partition coefficient (Wildman–Crippen LogP) is 5.07. The minimum atomic E-state index is -4.66. The third-order valence-electron chi connectivity index (χ3n) is 6.09. The van der Waals surface area contributed by atoms with Crippen LogP contribution in [0.3, 0.4) is 0 Å². The van der Waals surface area contributed by atoms with Gasteiger partial charge in [0, 0.05) is 65.5 Å². The van der Waals surface area contributed by atoms with Crippen LogP contribution in [0.2, 0.25) is 6.82 Å². The Labute approximate surface area is 225 Å². The van der Waals surface area contributed by atoms with Crippen LogP contribution in [0.25, 0.3) is 0 Å². The van der Waals surface area contributed by atoms with E-state index in [0.717, 1.165) is 16.6 Å². The van der Waals surface area contributed by atoms with E-state index in [2.05, 4.69) is 26.2 Å². The van der Waals surface area contributed by atoms with Crippen LogP contribution in [-0.4, -0.2) is 54.0 Å². The van der Waals surface area contributed by atoms with E-state index in [1.54, 1.807) is 35.0 Å². The number of carbonyl (C=O) groups is 1. The number of carbonyl (C=O) groups excluding carboxylic acids is 1. The summed E-state index contributed by atoms with van der Waals surface area (Å²) in [6, 6.07) is 8.81. The lowest BCUT2D eigenvalue weighted by molar-refractivity contribution is -0.137. The average molecular weight is 595 g/mol. The van der Waals surface area contributed by atoms with E-state index < -0.39 is 30.5 Å². The number of alkyl halides is 3. The van der Waals surface area contributed by atoms with Crippen molar-refractivity contribution in [2.24, 2.45) is 0 Å². The highest BCUT2D eigenvalue weighted by Crippen LogP contribution is 2.39. The molecule has 2 N–H and O–H groups in total. The van der Waals surface area contributed by atoms with Crippen LogP contribution in [0.5, 0.6) is 5.75 Å². The Morgan fingerprint density at radius 1 is 1.13 bits per heavy atom. The minimum Gasteiger partial charge on any atom is -0.486 e. The number of halogens is 5. The molecule has 200 valence electrons. The molecule has 0 aliphatic carbocycles. The molecule has 1 aromatic heterocycles. The summed E-state index contributed by atoms with van der Waals surface area (Å²) in [4.78, 5) is 20.2. The molecule has 2 heterocycles. The molecule has 7 nitrogen and oxygen atoms in total. The standard InChI is InChI=1S/C25H24BBrF4N4O3/c1-26(37)35-8-6-34(7-9-35)22-5-3-19(12-20(22)25(29,30)31)33-24(36)17-2-4-21(28)23(11-17)38-15-16-10-18(27)14-32-13-16/h2-5,10-14,37H,6-9,15H2,1H3,(H,33,36). The topological polar surface area (TPSA) is 77.9 Å². The summed E-state index contributed by atoms with van der Waals surface area (Å²) in [5, 5.41) is 12.2. The Morgan fingerprint density at radius 3 is 2.53 bits per heavy atom. The quantitative estimate of drug-likeness (QED) is 0.294. The Balaban J connectivity index is 1.49. The van der Waals surface area contributed by atoms with Crippen LogP contribution < -0.4 is 15.0 Å². The zero-order valence-electron chi connectivity index (χ0n) is 20.3. The highest BCUT2D eigenvalue weighted by molar-refractivity contribution is 9.10. The van der Waals surface area contributed by atoms with Crippen LogP contribution in [-0.2, 0) is 12.8 Å². The zero-order valence-corrected chi connectivity index (χ0v) is 21.9. The number of aromatic nitrogens is 1. The number of amides is 1. The van der Waals surface area contributed by atoms with E-state index in [1.165, 1.54) is 24.3 Å². The second-order valence-corrected chi connectivity index (χ2v) is 9.70. The average Bonchev–Trinajstić information content (AvgIpc) is 2.88. The number of hydrogen-bond acceptors (Lipinski definition) is 6. The van der Waals surface area contributed by atoms with Gasteiger partial charge in [-0.2, -0.15) is 13.2 Å². The van der Waals surface area contributed by atoms with Crippen molar-refractivity contribution in [1.29, 1.82) is 0 Å². The monoisotopic (exact) mass is 594 g/mol.